The summed E-state index contributed by atoms with van der Waals surface area (Å²) in [5, 5.41) is 8.57. The molecule has 2 aromatic carbocycles. The van der Waals surface area contributed by atoms with Gasteiger partial charge in [-0.05, 0) is 54.9 Å². The summed E-state index contributed by atoms with van der Waals surface area (Å²) in [5.74, 6) is -4.47. The minimum atomic E-state index is -3.26. The summed E-state index contributed by atoms with van der Waals surface area (Å²) >= 11 is 5.89. The second kappa shape index (κ2) is 13.3. The van der Waals surface area contributed by atoms with Gasteiger partial charge in [0.15, 0.2) is 11.5 Å². The van der Waals surface area contributed by atoms with Crippen LogP contribution in [0, 0.1) is 11.2 Å². The number of carbonyl (C=O) groups is 1. The molecule has 2 heterocycles. The minimum absolute atomic E-state index is 0.0952. The molecule has 44 heavy (non-hydrogen) atoms. The van der Waals surface area contributed by atoms with Gasteiger partial charge in [0.1, 0.15) is 11.6 Å². The zero-order valence-corrected chi connectivity index (χ0v) is 25.8. The number of ketones is 1. The molecule has 4 aromatic rings. The van der Waals surface area contributed by atoms with Crippen LogP contribution in [-0.2, 0) is 28.5 Å². The van der Waals surface area contributed by atoms with E-state index in [4.69, 9.17) is 25.4 Å². The van der Waals surface area contributed by atoms with Crippen molar-refractivity contribution in [2.45, 2.75) is 83.7 Å². The Morgan fingerprint density at radius 3 is 2.50 bits per heavy atom. The van der Waals surface area contributed by atoms with E-state index in [1.807, 2.05) is 30.3 Å². The van der Waals surface area contributed by atoms with E-state index >= 15 is 8.78 Å². The number of rotatable bonds is 14. The van der Waals surface area contributed by atoms with Gasteiger partial charge in [-0.1, -0.05) is 79.1 Å². The highest BCUT2D eigenvalue weighted by molar-refractivity contribution is 6.30. The lowest BCUT2D eigenvalue weighted by Gasteiger charge is -2.27. The summed E-state index contributed by atoms with van der Waals surface area (Å²) in [5.41, 5.74) is 1.46. The highest BCUT2D eigenvalue weighted by Crippen LogP contribution is 2.50. The van der Waals surface area contributed by atoms with Crippen molar-refractivity contribution in [3.05, 3.63) is 93.6 Å². The van der Waals surface area contributed by atoms with Gasteiger partial charge in [-0.2, -0.15) is 8.78 Å². The molecule has 6 nitrogen and oxygen atoms in total. The van der Waals surface area contributed by atoms with E-state index in [0.717, 1.165) is 24.0 Å². The molecule has 1 aliphatic carbocycles. The summed E-state index contributed by atoms with van der Waals surface area (Å²) in [6, 6.07) is 15.3. The number of aromatic nitrogens is 2. The van der Waals surface area contributed by atoms with E-state index in [0.29, 0.717) is 31.7 Å². The number of benzene rings is 2. The molecule has 0 spiro atoms. The molecule has 5 rings (SSSR count). The highest BCUT2D eigenvalue weighted by atomic mass is 35.5. The van der Waals surface area contributed by atoms with E-state index in [9.17, 15) is 9.18 Å². The summed E-state index contributed by atoms with van der Waals surface area (Å²) in [7, 11) is 0. The van der Waals surface area contributed by atoms with E-state index < -0.39 is 22.9 Å². The maximum absolute atomic E-state index is 15.0. The summed E-state index contributed by atoms with van der Waals surface area (Å²) in [6.45, 7) is 5.22. The lowest BCUT2D eigenvalue weighted by atomic mass is 9.86. The van der Waals surface area contributed by atoms with E-state index in [2.05, 4.69) is 10.3 Å². The topological polar surface area (TPSA) is 78.4 Å². The van der Waals surface area contributed by atoms with Crippen molar-refractivity contribution in [3.8, 4) is 11.5 Å². The fraction of sp³-hybridized carbons (Fsp3) is 0.441. The van der Waals surface area contributed by atoms with Crippen LogP contribution in [0.25, 0.3) is 11.5 Å². The van der Waals surface area contributed by atoms with Crippen LogP contribution in [0.4, 0.5) is 13.2 Å². The van der Waals surface area contributed by atoms with Crippen LogP contribution in [0.15, 0.2) is 63.6 Å². The normalized spacial score (nSPS) is 14.6. The summed E-state index contributed by atoms with van der Waals surface area (Å²) < 4.78 is 61.3. The van der Waals surface area contributed by atoms with Gasteiger partial charge in [-0.25, -0.2) is 4.39 Å². The van der Waals surface area contributed by atoms with Crippen molar-refractivity contribution in [1.82, 2.24) is 10.3 Å². The largest absolute Gasteiger partial charge is 0.377 e. The Morgan fingerprint density at radius 1 is 1.07 bits per heavy atom. The van der Waals surface area contributed by atoms with E-state index in [-0.39, 0.29) is 52.5 Å². The quantitative estimate of drug-likeness (QED) is 0.129. The molecule has 0 N–H and O–H groups in total. The molecular weight excluding hydrogens is 593 g/mol. The van der Waals surface area contributed by atoms with Crippen LogP contribution < -0.4 is 0 Å². The van der Waals surface area contributed by atoms with Gasteiger partial charge in [-0.15, -0.1) is 0 Å². The van der Waals surface area contributed by atoms with Gasteiger partial charge < -0.3 is 13.8 Å². The molecule has 1 atom stereocenters. The molecule has 0 bridgehead atoms. The maximum Gasteiger partial charge on any atom is 0.312 e. The lowest BCUT2D eigenvalue weighted by Crippen LogP contribution is -2.30. The number of hydrogen-bond acceptors (Lipinski definition) is 6. The molecule has 0 unspecified atom stereocenters. The monoisotopic (exact) mass is 628 g/mol. The molecule has 0 saturated heterocycles. The summed E-state index contributed by atoms with van der Waals surface area (Å²) in [4.78, 5) is 13.3. The van der Waals surface area contributed by atoms with Crippen LogP contribution in [0.2, 0.25) is 5.02 Å². The van der Waals surface area contributed by atoms with Crippen molar-refractivity contribution in [1.29, 1.82) is 0 Å². The second-order valence-corrected chi connectivity index (χ2v) is 13.0. The zero-order valence-electron chi connectivity index (χ0n) is 25.0. The third-order valence-electron chi connectivity index (χ3n) is 7.95. The standard InChI is InChI=1S/C34H36ClF3N2O4/c1-33(2,3)34(37,38)29-19-28(39-43-29)32-30(22-11-12-22)31(40-44-32)24(10-7-15-42-20-21-8-5-4-6-9-21)17-26(41)16-23-13-14-25(35)18-27(23)36/h4-6,8-9,13-14,18-19,22,24H,7,10-12,15-17,20H2,1-3H3/t24-/m0/s1. The molecule has 0 radical (unpaired) electrons. The van der Waals surface area contributed by atoms with E-state index in [1.165, 1.54) is 39.0 Å². The van der Waals surface area contributed by atoms with Crippen molar-refractivity contribution < 1.29 is 31.7 Å². The number of Topliss-reactive ketones (excluding diaryl/α,β-unsaturated/α-hetero) is 1. The molecule has 1 aliphatic rings. The predicted octanol–water partition coefficient (Wildman–Crippen LogP) is 9.42. The molecule has 234 valence electrons. The first-order chi connectivity index (χ1) is 20.9. The first-order valence-electron chi connectivity index (χ1n) is 14.9. The number of halogens is 4. The molecule has 1 fully saturated rings. The third-order valence-corrected chi connectivity index (χ3v) is 8.19. The van der Waals surface area contributed by atoms with Gasteiger partial charge >= 0.3 is 5.92 Å². The Balaban J connectivity index is 1.38. The third kappa shape index (κ3) is 7.44. The van der Waals surface area contributed by atoms with Crippen LogP contribution >= 0.6 is 11.6 Å². The average Bonchev–Trinajstić information content (AvgIpc) is 3.51. The predicted molar refractivity (Wildman–Crippen MR) is 160 cm³/mol. The average molecular weight is 629 g/mol. The molecule has 0 aliphatic heterocycles. The molecule has 10 heteroatoms. The Hall–Kier alpha value is -3.43. The number of nitrogens with zero attached hydrogens (tertiary/aromatic N) is 2. The second-order valence-electron chi connectivity index (χ2n) is 12.5. The zero-order chi connectivity index (χ0) is 31.5. The Kier molecular flexibility index (Phi) is 9.65. The van der Waals surface area contributed by atoms with Gasteiger partial charge in [0.25, 0.3) is 0 Å². The van der Waals surface area contributed by atoms with Crippen molar-refractivity contribution >= 4 is 17.4 Å². The van der Waals surface area contributed by atoms with Crippen LogP contribution in [0.1, 0.15) is 92.9 Å². The lowest BCUT2D eigenvalue weighted by molar-refractivity contribution is -0.122. The van der Waals surface area contributed by atoms with E-state index in [1.54, 1.807) is 6.07 Å². The van der Waals surface area contributed by atoms with Gasteiger partial charge in [0.05, 0.1) is 12.3 Å². The fourth-order valence-corrected chi connectivity index (χ4v) is 5.37. The molecule has 2 aromatic heterocycles. The molecular formula is C34H36ClF3N2O4. The Morgan fingerprint density at radius 2 is 1.82 bits per heavy atom. The Labute approximate surface area is 259 Å². The molecule has 1 saturated carbocycles. The minimum Gasteiger partial charge on any atom is -0.377 e. The number of hydrogen-bond donors (Lipinski definition) is 0. The molecule has 0 amide bonds. The number of ether oxygens (including phenoxy) is 1. The van der Waals surface area contributed by atoms with Crippen LogP contribution in [0.5, 0.6) is 0 Å². The first kappa shape index (κ1) is 32.0. The van der Waals surface area contributed by atoms with Gasteiger partial charge in [-0.3, -0.25) is 4.79 Å². The van der Waals surface area contributed by atoms with Gasteiger partial charge in [0, 0.05) is 47.4 Å². The number of alkyl halides is 2. The van der Waals surface area contributed by atoms with Crippen LogP contribution in [0.3, 0.4) is 0 Å². The smallest absolute Gasteiger partial charge is 0.312 e. The maximum atomic E-state index is 15.0. The highest BCUT2D eigenvalue weighted by Gasteiger charge is 2.49. The summed E-state index contributed by atoms with van der Waals surface area (Å²) in [6.07, 6.45) is 2.95. The van der Waals surface area contributed by atoms with Crippen molar-refractivity contribution in [2.75, 3.05) is 6.61 Å². The first-order valence-corrected chi connectivity index (χ1v) is 15.2. The fourth-order valence-electron chi connectivity index (χ4n) is 5.21. The van der Waals surface area contributed by atoms with Gasteiger partial charge in [0.2, 0.25) is 5.76 Å². The van der Waals surface area contributed by atoms with Crippen molar-refractivity contribution in [2.24, 2.45) is 5.41 Å². The SMILES string of the molecule is CC(C)(C)C(F)(F)c1cc(-c2onc([C@@H](CCCOCc3ccccc3)CC(=O)Cc3ccc(Cl)cc3F)c2C2CC2)no1. The van der Waals surface area contributed by atoms with Crippen molar-refractivity contribution in [3.63, 3.8) is 0 Å². The van der Waals surface area contributed by atoms with Crippen LogP contribution in [-0.4, -0.2) is 22.7 Å². The Bertz CT molecular complexity index is 1570. The number of carbonyl (C=O) groups excluding carboxylic acids is 1.